The van der Waals surface area contributed by atoms with E-state index in [4.69, 9.17) is 22.4 Å². The van der Waals surface area contributed by atoms with Gasteiger partial charge in [0.2, 0.25) is 5.91 Å². The van der Waals surface area contributed by atoms with Crippen LogP contribution >= 0.6 is 11.6 Å². The lowest BCUT2D eigenvalue weighted by Gasteiger charge is -2.12. The quantitative estimate of drug-likeness (QED) is 0.536. The fourth-order valence-electron chi connectivity index (χ4n) is 3.08. The van der Waals surface area contributed by atoms with Gasteiger partial charge < -0.3 is 21.1 Å². The molecular weight excluding hydrogens is 350 g/mol. The molecule has 3 rings (SSSR count). The van der Waals surface area contributed by atoms with Gasteiger partial charge >= 0.3 is 0 Å². The average Bonchev–Trinajstić information content (AvgIpc) is 2.97. The van der Waals surface area contributed by atoms with E-state index in [1.807, 2.05) is 30.3 Å². The summed E-state index contributed by atoms with van der Waals surface area (Å²) in [6, 6.07) is 13.1. The molecule has 0 fully saturated rings. The maximum absolute atomic E-state index is 12.0. The van der Waals surface area contributed by atoms with Crippen LogP contribution in [0.3, 0.4) is 0 Å². The fraction of sp³-hybridized carbons (Fsp3) is 0.250. The monoisotopic (exact) mass is 371 g/mol. The Morgan fingerprint density at radius 2 is 2.04 bits per heavy atom. The van der Waals surface area contributed by atoms with Crippen LogP contribution in [0.5, 0.6) is 0 Å². The molecule has 6 heteroatoms. The Balaban J connectivity index is 1.95. The molecular formula is C20H22ClN3O2. The van der Waals surface area contributed by atoms with Gasteiger partial charge in [-0.15, -0.1) is 0 Å². The number of aliphatic hydroxyl groups excluding tert-OH is 1. The second-order valence-electron chi connectivity index (χ2n) is 6.32. The summed E-state index contributed by atoms with van der Waals surface area (Å²) >= 11 is 6.29. The highest BCUT2D eigenvalue weighted by Gasteiger charge is 2.16. The van der Waals surface area contributed by atoms with Crippen molar-refractivity contribution in [1.29, 1.82) is 0 Å². The number of nitrogens with one attached hydrogen (secondary N) is 2. The minimum atomic E-state index is -0.722. The van der Waals surface area contributed by atoms with Crippen LogP contribution in [-0.4, -0.2) is 28.6 Å². The SMILES string of the molecule is Cc1c(-c2ccccc2)[nH]c2c(CNC(=O)[C@@H](N)CCO)cc(Cl)cc12. The summed E-state index contributed by atoms with van der Waals surface area (Å²) in [5.41, 5.74) is 10.8. The number of carbonyl (C=O) groups is 1. The smallest absolute Gasteiger partial charge is 0.237 e. The Morgan fingerprint density at radius 3 is 2.73 bits per heavy atom. The van der Waals surface area contributed by atoms with Gasteiger partial charge in [-0.2, -0.15) is 0 Å². The van der Waals surface area contributed by atoms with Gasteiger partial charge in [0.15, 0.2) is 0 Å². The second kappa shape index (κ2) is 7.91. The number of H-pyrrole nitrogens is 1. The first-order valence-electron chi connectivity index (χ1n) is 8.51. The summed E-state index contributed by atoms with van der Waals surface area (Å²) in [4.78, 5) is 15.5. The van der Waals surface area contributed by atoms with E-state index in [-0.39, 0.29) is 18.9 Å². The molecule has 0 unspecified atom stereocenters. The number of aliphatic hydroxyl groups is 1. The molecule has 1 heterocycles. The van der Waals surface area contributed by atoms with Crippen molar-refractivity contribution < 1.29 is 9.90 Å². The van der Waals surface area contributed by atoms with E-state index in [9.17, 15) is 4.79 Å². The summed E-state index contributed by atoms with van der Waals surface area (Å²) in [5, 5.41) is 13.4. The van der Waals surface area contributed by atoms with Gasteiger partial charge in [-0.05, 0) is 42.2 Å². The number of aromatic amines is 1. The number of hydrogen-bond acceptors (Lipinski definition) is 3. The summed E-state index contributed by atoms with van der Waals surface area (Å²) in [6.07, 6.45) is 0.233. The number of fused-ring (bicyclic) bond motifs is 1. The van der Waals surface area contributed by atoms with Crippen LogP contribution in [0.15, 0.2) is 42.5 Å². The molecule has 26 heavy (non-hydrogen) atoms. The maximum atomic E-state index is 12.0. The van der Waals surface area contributed by atoms with Crippen LogP contribution in [0.4, 0.5) is 0 Å². The highest BCUT2D eigenvalue weighted by molar-refractivity contribution is 6.31. The third kappa shape index (κ3) is 3.75. The molecule has 0 bridgehead atoms. The number of halogens is 1. The van der Waals surface area contributed by atoms with Gasteiger partial charge in [-0.3, -0.25) is 4.79 Å². The molecule has 0 aliphatic heterocycles. The normalized spacial score (nSPS) is 12.3. The molecule has 0 saturated carbocycles. The topological polar surface area (TPSA) is 91.1 Å². The molecule has 2 aromatic carbocycles. The largest absolute Gasteiger partial charge is 0.396 e. The van der Waals surface area contributed by atoms with Crippen LogP contribution in [0, 0.1) is 6.92 Å². The number of nitrogens with two attached hydrogens (primary N) is 1. The van der Waals surface area contributed by atoms with Gasteiger partial charge in [0.1, 0.15) is 0 Å². The van der Waals surface area contributed by atoms with Crippen LogP contribution in [-0.2, 0) is 11.3 Å². The van der Waals surface area contributed by atoms with Crippen molar-refractivity contribution in [2.24, 2.45) is 5.73 Å². The summed E-state index contributed by atoms with van der Waals surface area (Å²) in [6.45, 7) is 2.24. The molecule has 3 aromatic rings. The maximum Gasteiger partial charge on any atom is 0.237 e. The molecule has 5 N–H and O–H groups in total. The van der Waals surface area contributed by atoms with Crippen LogP contribution in [0.25, 0.3) is 22.2 Å². The van der Waals surface area contributed by atoms with E-state index in [2.05, 4.69) is 29.4 Å². The van der Waals surface area contributed by atoms with Crippen molar-refractivity contribution in [3.05, 3.63) is 58.6 Å². The zero-order valence-electron chi connectivity index (χ0n) is 14.6. The number of amides is 1. The van der Waals surface area contributed by atoms with E-state index in [0.29, 0.717) is 11.6 Å². The van der Waals surface area contributed by atoms with E-state index in [0.717, 1.165) is 33.3 Å². The highest BCUT2D eigenvalue weighted by Crippen LogP contribution is 2.33. The number of aryl methyl sites for hydroxylation is 1. The first kappa shape index (κ1) is 18.5. The van der Waals surface area contributed by atoms with Crippen molar-refractivity contribution in [3.8, 4) is 11.3 Å². The zero-order chi connectivity index (χ0) is 18.7. The van der Waals surface area contributed by atoms with Gasteiger partial charge in [0, 0.05) is 29.3 Å². The molecule has 0 aliphatic carbocycles. The van der Waals surface area contributed by atoms with Crippen molar-refractivity contribution in [2.45, 2.75) is 25.9 Å². The Hall–Kier alpha value is -2.34. The van der Waals surface area contributed by atoms with Crippen molar-refractivity contribution in [3.63, 3.8) is 0 Å². The van der Waals surface area contributed by atoms with E-state index >= 15 is 0 Å². The third-order valence-corrected chi connectivity index (χ3v) is 4.72. The van der Waals surface area contributed by atoms with Gasteiger partial charge in [-0.25, -0.2) is 0 Å². The average molecular weight is 372 g/mol. The second-order valence-corrected chi connectivity index (χ2v) is 6.75. The number of aromatic nitrogens is 1. The molecule has 0 aliphatic rings. The van der Waals surface area contributed by atoms with E-state index < -0.39 is 6.04 Å². The van der Waals surface area contributed by atoms with Crippen LogP contribution in [0.1, 0.15) is 17.5 Å². The minimum Gasteiger partial charge on any atom is -0.396 e. The van der Waals surface area contributed by atoms with E-state index in [1.54, 1.807) is 0 Å². The number of carbonyl (C=O) groups excluding carboxylic acids is 1. The third-order valence-electron chi connectivity index (χ3n) is 4.51. The van der Waals surface area contributed by atoms with Crippen molar-refractivity contribution >= 4 is 28.4 Å². The van der Waals surface area contributed by atoms with Gasteiger partial charge in [0.05, 0.1) is 11.6 Å². The molecule has 0 radical (unpaired) electrons. The molecule has 0 spiro atoms. The summed E-state index contributed by atoms with van der Waals surface area (Å²) < 4.78 is 0. The predicted molar refractivity (Wildman–Crippen MR) is 105 cm³/mol. The van der Waals surface area contributed by atoms with Crippen molar-refractivity contribution in [2.75, 3.05) is 6.61 Å². The fourth-order valence-corrected chi connectivity index (χ4v) is 3.32. The number of rotatable bonds is 6. The first-order valence-corrected chi connectivity index (χ1v) is 8.89. The Kier molecular flexibility index (Phi) is 5.61. The first-order chi connectivity index (χ1) is 12.5. The lowest BCUT2D eigenvalue weighted by molar-refractivity contribution is -0.122. The Bertz CT molecular complexity index is 922. The van der Waals surface area contributed by atoms with Gasteiger partial charge in [-0.1, -0.05) is 41.9 Å². The molecule has 1 aromatic heterocycles. The number of hydrogen-bond donors (Lipinski definition) is 4. The predicted octanol–water partition coefficient (Wildman–Crippen LogP) is 3.12. The highest BCUT2D eigenvalue weighted by atomic mass is 35.5. The molecule has 0 saturated heterocycles. The lowest BCUT2D eigenvalue weighted by atomic mass is 10.1. The van der Waals surface area contributed by atoms with Crippen LogP contribution < -0.4 is 11.1 Å². The van der Waals surface area contributed by atoms with Crippen LogP contribution in [0.2, 0.25) is 5.02 Å². The molecule has 5 nitrogen and oxygen atoms in total. The molecule has 1 atom stereocenters. The van der Waals surface area contributed by atoms with E-state index in [1.165, 1.54) is 0 Å². The Labute approximate surface area is 157 Å². The number of benzene rings is 2. The van der Waals surface area contributed by atoms with Crippen molar-refractivity contribution in [1.82, 2.24) is 10.3 Å². The molecule has 136 valence electrons. The zero-order valence-corrected chi connectivity index (χ0v) is 15.3. The minimum absolute atomic E-state index is 0.119. The summed E-state index contributed by atoms with van der Waals surface area (Å²) in [5.74, 6) is -0.293. The molecule has 1 amide bonds. The lowest BCUT2D eigenvalue weighted by Crippen LogP contribution is -2.40. The van der Waals surface area contributed by atoms with Gasteiger partial charge in [0.25, 0.3) is 0 Å². The standard InChI is InChI=1S/C20H22ClN3O2/c1-12-16-10-15(21)9-14(11-23-20(26)17(22)7-8-25)19(16)24-18(12)13-5-3-2-4-6-13/h2-6,9-10,17,24-25H,7-8,11,22H2,1H3,(H,23,26)/t17-/m0/s1. The Morgan fingerprint density at radius 1 is 1.31 bits per heavy atom. The summed E-state index contributed by atoms with van der Waals surface area (Å²) in [7, 11) is 0.